The molecular formula is C32H37NO3. The van der Waals surface area contributed by atoms with E-state index >= 15 is 0 Å². The number of carboxylic acid groups (broad SMARTS) is 1. The van der Waals surface area contributed by atoms with Gasteiger partial charge >= 0.3 is 5.97 Å². The molecule has 0 saturated carbocycles. The molecule has 0 spiro atoms. The average Bonchev–Trinajstić information content (AvgIpc) is 2.85. The molecule has 0 aromatic heterocycles. The van der Waals surface area contributed by atoms with Gasteiger partial charge in [-0.3, -0.25) is 0 Å². The van der Waals surface area contributed by atoms with Gasteiger partial charge in [0.1, 0.15) is 0 Å². The molecular weight excluding hydrogens is 446 g/mol. The molecule has 0 aliphatic heterocycles. The summed E-state index contributed by atoms with van der Waals surface area (Å²) in [6, 6.07) is 19.6. The summed E-state index contributed by atoms with van der Waals surface area (Å²) in [5.74, 6) is -0.948. The zero-order valence-corrected chi connectivity index (χ0v) is 22.2. The number of anilines is 1. The van der Waals surface area contributed by atoms with Crippen molar-refractivity contribution in [3.8, 4) is 11.1 Å². The number of fused-ring (bicyclic) bond motifs is 1. The number of aliphatic hydroxyl groups excluding tert-OH is 1. The zero-order chi connectivity index (χ0) is 26.3. The monoisotopic (exact) mass is 483 g/mol. The van der Waals surface area contributed by atoms with Crippen LogP contribution >= 0.6 is 0 Å². The van der Waals surface area contributed by atoms with E-state index in [0.29, 0.717) is 0 Å². The number of hydrogen-bond donors (Lipinski definition) is 2. The maximum atomic E-state index is 11.2. The molecule has 1 aliphatic carbocycles. The van der Waals surface area contributed by atoms with E-state index in [1.54, 1.807) is 30.3 Å². The minimum Gasteiger partial charge on any atom is -0.478 e. The van der Waals surface area contributed by atoms with Crippen molar-refractivity contribution in [3.05, 3.63) is 94.6 Å². The van der Waals surface area contributed by atoms with Gasteiger partial charge in [-0.1, -0.05) is 70.2 Å². The van der Waals surface area contributed by atoms with Crippen LogP contribution in [-0.4, -0.2) is 30.3 Å². The lowest BCUT2D eigenvalue weighted by Gasteiger charge is -2.43. The van der Waals surface area contributed by atoms with Gasteiger partial charge in [0.15, 0.2) is 0 Å². The topological polar surface area (TPSA) is 60.8 Å². The number of carbonyl (C=O) groups is 1. The summed E-state index contributed by atoms with van der Waals surface area (Å²) < 4.78 is 0. The number of benzene rings is 3. The molecule has 0 heterocycles. The fraction of sp³-hybridized carbons (Fsp3) is 0.344. The SMILES string of the molecule is CN(C)c1ccc(-c2cc(C(O)C=Cc3ccc(C(=O)O)cc3)cc3c2C(C)(C)CCC3(C)C)cc1. The highest BCUT2D eigenvalue weighted by Crippen LogP contribution is 2.50. The van der Waals surface area contributed by atoms with Crippen LogP contribution in [0.5, 0.6) is 0 Å². The normalized spacial score (nSPS) is 17.0. The van der Waals surface area contributed by atoms with E-state index < -0.39 is 12.1 Å². The lowest BCUT2D eigenvalue weighted by atomic mass is 9.61. The van der Waals surface area contributed by atoms with Crippen molar-refractivity contribution in [3.63, 3.8) is 0 Å². The van der Waals surface area contributed by atoms with Gasteiger partial charge in [0.2, 0.25) is 0 Å². The van der Waals surface area contributed by atoms with Crippen LogP contribution in [0.3, 0.4) is 0 Å². The summed E-state index contributed by atoms with van der Waals surface area (Å²) in [5, 5.41) is 20.3. The number of aliphatic hydroxyl groups is 1. The van der Waals surface area contributed by atoms with Crippen LogP contribution < -0.4 is 4.90 Å². The Morgan fingerprint density at radius 1 is 0.917 bits per heavy atom. The predicted molar refractivity (Wildman–Crippen MR) is 149 cm³/mol. The molecule has 1 unspecified atom stereocenters. The Balaban J connectivity index is 1.80. The molecule has 0 radical (unpaired) electrons. The first kappa shape index (κ1) is 25.7. The van der Waals surface area contributed by atoms with E-state index in [1.165, 1.54) is 16.7 Å². The van der Waals surface area contributed by atoms with Crippen LogP contribution in [0.2, 0.25) is 0 Å². The first-order chi connectivity index (χ1) is 16.9. The molecule has 4 nitrogen and oxygen atoms in total. The van der Waals surface area contributed by atoms with Crippen LogP contribution in [0, 0.1) is 0 Å². The molecule has 2 N–H and O–H groups in total. The van der Waals surface area contributed by atoms with E-state index in [9.17, 15) is 9.90 Å². The first-order valence-electron chi connectivity index (χ1n) is 12.6. The number of rotatable bonds is 6. The maximum absolute atomic E-state index is 11.2. The highest BCUT2D eigenvalue weighted by molar-refractivity contribution is 5.87. The van der Waals surface area contributed by atoms with Gasteiger partial charge in [-0.25, -0.2) is 4.79 Å². The third-order valence-corrected chi connectivity index (χ3v) is 7.61. The minimum atomic E-state index is -0.948. The molecule has 0 amide bonds. The summed E-state index contributed by atoms with van der Waals surface area (Å²) in [5.41, 5.74) is 8.18. The van der Waals surface area contributed by atoms with Gasteiger partial charge in [-0.15, -0.1) is 0 Å². The van der Waals surface area contributed by atoms with Gasteiger partial charge in [0, 0.05) is 19.8 Å². The number of carboxylic acids is 1. The second-order valence-corrected chi connectivity index (χ2v) is 11.4. The summed E-state index contributed by atoms with van der Waals surface area (Å²) >= 11 is 0. The second kappa shape index (κ2) is 9.59. The summed E-state index contributed by atoms with van der Waals surface area (Å²) in [6.07, 6.45) is 5.05. The predicted octanol–water partition coefficient (Wildman–Crippen LogP) is 7.21. The first-order valence-corrected chi connectivity index (χ1v) is 12.6. The van der Waals surface area contributed by atoms with E-state index in [-0.39, 0.29) is 16.4 Å². The lowest BCUT2D eigenvalue weighted by molar-refractivity contribution is 0.0697. The van der Waals surface area contributed by atoms with Gasteiger partial charge < -0.3 is 15.1 Å². The van der Waals surface area contributed by atoms with Gasteiger partial charge in [-0.05, 0) is 87.4 Å². The summed E-state index contributed by atoms with van der Waals surface area (Å²) in [7, 11) is 4.09. The summed E-state index contributed by atoms with van der Waals surface area (Å²) in [4.78, 5) is 13.2. The van der Waals surface area contributed by atoms with E-state index in [1.807, 2.05) is 20.2 Å². The van der Waals surface area contributed by atoms with Crippen LogP contribution in [-0.2, 0) is 10.8 Å². The van der Waals surface area contributed by atoms with Crippen molar-refractivity contribution in [1.29, 1.82) is 0 Å². The largest absolute Gasteiger partial charge is 0.478 e. The standard InChI is InChI=1S/C32H37NO3/c1-31(2)17-18-32(3,4)29-26(22-12-14-25(15-13-22)33(5)6)19-24(20-27(29)31)28(34)16-9-21-7-10-23(11-8-21)30(35)36/h7-16,19-20,28,34H,17-18H2,1-6H3,(H,35,36). The molecule has 36 heavy (non-hydrogen) atoms. The van der Waals surface area contributed by atoms with E-state index in [2.05, 4.69) is 69.0 Å². The Kier molecular flexibility index (Phi) is 6.85. The Labute approximate surface area is 214 Å². The fourth-order valence-corrected chi connectivity index (χ4v) is 5.20. The number of aromatic carboxylic acids is 1. The van der Waals surface area contributed by atoms with Crippen LogP contribution in [0.4, 0.5) is 5.69 Å². The Morgan fingerprint density at radius 3 is 2.11 bits per heavy atom. The van der Waals surface area contributed by atoms with Crippen molar-refractivity contribution in [1.82, 2.24) is 0 Å². The zero-order valence-electron chi connectivity index (χ0n) is 22.2. The second-order valence-electron chi connectivity index (χ2n) is 11.4. The highest BCUT2D eigenvalue weighted by Gasteiger charge is 2.39. The molecule has 4 heteroatoms. The average molecular weight is 484 g/mol. The highest BCUT2D eigenvalue weighted by atomic mass is 16.4. The van der Waals surface area contributed by atoms with Gasteiger partial charge in [-0.2, -0.15) is 0 Å². The van der Waals surface area contributed by atoms with E-state index in [0.717, 1.165) is 35.2 Å². The quantitative estimate of drug-likeness (QED) is 0.389. The number of nitrogens with zero attached hydrogens (tertiary/aromatic N) is 1. The maximum Gasteiger partial charge on any atom is 0.335 e. The van der Waals surface area contributed by atoms with Gasteiger partial charge in [0.05, 0.1) is 11.7 Å². The third kappa shape index (κ3) is 5.10. The van der Waals surface area contributed by atoms with Crippen molar-refractivity contribution in [2.45, 2.75) is 57.5 Å². The molecule has 0 bridgehead atoms. The van der Waals surface area contributed by atoms with Crippen LogP contribution in [0.1, 0.15) is 79.3 Å². The molecule has 0 fully saturated rings. The lowest BCUT2D eigenvalue weighted by Crippen LogP contribution is -2.34. The summed E-state index contributed by atoms with van der Waals surface area (Å²) in [6.45, 7) is 9.26. The molecule has 1 atom stereocenters. The molecule has 188 valence electrons. The fourth-order valence-electron chi connectivity index (χ4n) is 5.20. The van der Waals surface area contributed by atoms with Crippen LogP contribution in [0.15, 0.2) is 66.7 Å². The molecule has 3 aromatic carbocycles. The van der Waals surface area contributed by atoms with Crippen LogP contribution in [0.25, 0.3) is 17.2 Å². The molecule has 0 saturated heterocycles. The minimum absolute atomic E-state index is 0.00921. The van der Waals surface area contributed by atoms with Gasteiger partial charge in [0.25, 0.3) is 0 Å². The van der Waals surface area contributed by atoms with E-state index in [4.69, 9.17) is 5.11 Å². The Hall–Kier alpha value is -3.37. The third-order valence-electron chi connectivity index (χ3n) is 7.61. The molecule has 3 aromatic rings. The molecule has 4 rings (SSSR count). The molecule has 1 aliphatic rings. The van der Waals surface area contributed by atoms with Crippen molar-refractivity contribution >= 4 is 17.7 Å². The van der Waals surface area contributed by atoms with Crippen molar-refractivity contribution < 1.29 is 15.0 Å². The Bertz CT molecular complexity index is 1280. The Morgan fingerprint density at radius 2 is 1.53 bits per heavy atom. The van der Waals surface area contributed by atoms with Crippen molar-refractivity contribution in [2.75, 3.05) is 19.0 Å². The smallest absolute Gasteiger partial charge is 0.335 e. The number of hydrogen-bond acceptors (Lipinski definition) is 3. The van der Waals surface area contributed by atoms with Crippen molar-refractivity contribution in [2.24, 2.45) is 0 Å².